The first-order valence-corrected chi connectivity index (χ1v) is 8.38. The maximum atomic E-state index is 12.4. The normalized spacial score (nSPS) is 10.9. The van der Waals surface area contributed by atoms with Crippen LogP contribution in [0.25, 0.3) is 11.0 Å². The molecule has 2 aromatic heterocycles. The van der Waals surface area contributed by atoms with Crippen molar-refractivity contribution in [1.82, 2.24) is 10.2 Å². The van der Waals surface area contributed by atoms with Gasteiger partial charge >= 0.3 is 6.01 Å². The van der Waals surface area contributed by atoms with E-state index in [2.05, 4.69) is 15.5 Å². The van der Waals surface area contributed by atoms with Crippen LogP contribution in [0.2, 0.25) is 0 Å². The topological polar surface area (TPSA) is 90.4 Å². The number of carbonyl (C=O) groups is 1. The molecule has 0 spiro atoms. The second-order valence-electron chi connectivity index (χ2n) is 6.11. The molecule has 0 radical (unpaired) electrons. The molecule has 0 fully saturated rings. The highest BCUT2D eigenvalue weighted by Crippen LogP contribution is 2.28. The Morgan fingerprint density at radius 1 is 1.11 bits per heavy atom. The lowest BCUT2D eigenvalue weighted by Crippen LogP contribution is -2.11. The summed E-state index contributed by atoms with van der Waals surface area (Å²) in [6, 6.07) is 15.1. The third kappa shape index (κ3) is 3.52. The van der Waals surface area contributed by atoms with Gasteiger partial charge in [-0.3, -0.25) is 10.1 Å². The number of aromatic nitrogens is 2. The maximum absolute atomic E-state index is 12.4. The molecular weight excluding hydrogens is 346 g/mol. The van der Waals surface area contributed by atoms with Gasteiger partial charge in [-0.15, -0.1) is 5.10 Å². The largest absolute Gasteiger partial charge is 0.493 e. The number of methoxy groups -OCH3 is 1. The van der Waals surface area contributed by atoms with Crippen molar-refractivity contribution < 1.29 is 18.4 Å². The van der Waals surface area contributed by atoms with Gasteiger partial charge in [0.25, 0.3) is 5.91 Å². The van der Waals surface area contributed by atoms with E-state index in [4.69, 9.17) is 13.6 Å². The van der Waals surface area contributed by atoms with Crippen LogP contribution in [0.3, 0.4) is 0 Å². The summed E-state index contributed by atoms with van der Waals surface area (Å²) in [4.78, 5) is 12.4. The smallest absolute Gasteiger partial charge is 0.322 e. The molecule has 0 unspecified atom stereocenters. The van der Waals surface area contributed by atoms with Crippen LogP contribution in [0, 0.1) is 6.92 Å². The molecule has 7 nitrogen and oxygen atoms in total. The summed E-state index contributed by atoms with van der Waals surface area (Å²) in [5.41, 5.74) is 2.74. The molecule has 7 heteroatoms. The average molecular weight is 363 g/mol. The van der Waals surface area contributed by atoms with Crippen molar-refractivity contribution in [3.63, 3.8) is 0 Å². The Labute approximate surface area is 155 Å². The number of benzene rings is 2. The summed E-state index contributed by atoms with van der Waals surface area (Å²) in [6.07, 6.45) is 0.491. The molecule has 27 heavy (non-hydrogen) atoms. The number of aryl methyl sites for hydroxylation is 1. The molecule has 0 saturated carbocycles. The summed E-state index contributed by atoms with van der Waals surface area (Å²) < 4.78 is 16.4. The van der Waals surface area contributed by atoms with Crippen LogP contribution in [0.1, 0.15) is 27.6 Å². The molecule has 0 atom stereocenters. The van der Waals surface area contributed by atoms with Gasteiger partial charge < -0.3 is 13.6 Å². The van der Waals surface area contributed by atoms with E-state index < -0.39 is 5.91 Å². The van der Waals surface area contributed by atoms with E-state index in [1.54, 1.807) is 19.2 Å². The first-order chi connectivity index (χ1) is 13.1. The average Bonchev–Trinajstić information content (AvgIpc) is 3.30. The second kappa shape index (κ2) is 6.95. The van der Waals surface area contributed by atoms with Gasteiger partial charge in [0.1, 0.15) is 0 Å². The molecule has 136 valence electrons. The Kier molecular flexibility index (Phi) is 4.33. The SMILES string of the molecule is COc1cccc2cc(C(=O)Nc3nnc(Cc4ccc(C)cc4)o3)oc12. The number of para-hydroxylation sites is 1. The fourth-order valence-corrected chi connectivity index (χ4v) is 2.72. The van der Waals surface area contributed by atoms with Gasteiger partial charge in [-0.05, 0) is 24.6 Å². The van der Waals surface area contributed by atoms with E-state index in [-0.39, 0.29) is 11.8 Å². The van der Waals surface area contributed by atoms with Gasteiger partial charge in [0, 0.05) is 5.39 Å². The molecule has 0 aliphatic heterocycles. The van der Waals surface area contributed by atoms with E-state index >= 15 is 0 Å². The fraction of sp³-hybridized carbons (Fsp3) is 0.150. The number of hydrogen-bond acceptors (Lipinski definition) is 6. The minimum absolute atomic E-state index is 0.0227. The molecular formula is C20H17N3O4. The van der Waals surface area contributed by atoms with Crippen molar-refractivity contribution in [2.24, 2.45) is 0 Å². The van der Waals surface area contributed by atoms with E-state index in [0.717, 1.165) is 10.9 Å². The van der Waals surface area contributed by atoms with Crippen LogP contribution in [0.4, 0.5) is 6.01 Å². The molecule has 0 aliphatic carbocycles. The zero-order valence-corrected chi connectivity index (χ0v) is 14.9. The van der Waals surface area contributed by atoms with Crippen LogP contribution in [-0.4, -0.2) is 23.2 Å². The standard InChI is InChI=1S/C20H17N3O4/c1-12-6-8-13(9-7-12)10-17-22-23-20(27-17)21-19(24)16-11-14-4-3-5-15(25-2)18(14)26-16/h3-9,11H,10H2,1-2H3,(H,21,23,24). The molecule has 0 saturated heterocycles. The van der Waals surface area contributed by atoms with Gasteiger partial charge in [0.05, 0.1) is 13.5 Å². The summed E-state index contributed by atoms with van der Waals surface area (Å²) in [6.45, 7) is 2.03. The Hall–Kier alpha value is -3.61. The number of hydrogen-bond donors (Lipinski definition) is 1. The first-order valence-electron chi connectivity index (χ1n) is 8.38. The fourth-order valence-electron chi connectivity index (χ4n) is 2.72. The number of nitrogens with zero attached hydrogens (tertiary/aromatic N) is 2. The Morgan fingerprint density at radius 2 is 1.93 bits per heavy atom. The van der Waals surface area contributed by atoms with Crippen LogP contribution in [-0.2, 0) is 6.42 Å². The zero-order valence-electron chi connectivity index (χ0n) is 14.9. The third-order valence-electron chi connectivity index (χ3n) is 4.11. The lowest BCUT2D eigenvalue weighted by molar-refractivity contribution is 0.0995. The molecule has 2 aromatic carbocycles. The molecule has 1 N–H and O–H groups in total. The molecule has 4 aromatic rings. The van der Waals surface area contributed by atoms with Crippen molar-refractivity contribution in [3.05, 3.63) is 71.3 Å². The lowest BCUT2D eigenvalue weighted by Gasteiger charge is -1.99. The van der Waals surface area contributed by atoms with Crippen LogP contribution >= 0.6 is 0 Å². The minimum Gasteiger partial charge on any atom is -0.493 e. The summed E-state index contributed by atoms with van der Waals surface area (Å²) in [5, 5.41) is 11.2. The van der Waals surface area contributed by atoms with Gasteiger partial charge in [-0.25, -0.2) is 0 Å². The van der Waals surface area contributed by atoms with Crippen molar-refractivity contribution >= 4 is 22.9 Å². The van der Waals surface area contributed by atoms with Crippen LogP contribution < -0.4 is 10.1 Å². The van der Waals surface area contributed by atoms with Gasteiger partial charge in [0.15, 0.2) is 17.1 Å². The predicted octanol–water partition coefficient (Wildman–Crippen LogP) is 3.98. The number of anilines is 1. The van der Waals surface area contributed by atoms with Crippen LogP contribution in [0.15, 0.2) is 57.4 Å². The third-order valence-corrected chi connectivity index (χ3v) is 4.11. The molecule has 0 bridgehead atoms. The Balaban J connectivity index is 1.48. The highest BCUT2D eigenvalue weighted by molar-refractivity contribution is 6.04. The Morgan fingerprint density at radius 3 is 2.70 bits per heavy atom. The number of furan rings is 1. The molecule has 2 heterocycles. The predicted molar refractivity (Wildman–Crippen MR) is 99.0 cm³/mol. The number of nitrogens with one attached hydrogen (secondary N) is 1. The first kappa shape index (κ1) is 16.8. The molecule has 1 amide bonds. The lowest BCUT2D eigenvalue weighted by atomic mass is 10.1. The van der Waals surface area contributed by atoms with E-state index in [0.29, 0.717) is 23.6 Å². The summed E-state index contributed by atoms with van der Waals surface area (Å²) in [7, 11) is 1.55. The molecule has 0 aliphatic rings. The minimum atomic E-state index is -0.473. The van der Waals surface area contributed by atoms with Crippen molar-refractivity contribution in [2.45, 2.75) is 13.3 Å². The van der Waals surface area contributed by atoms with E-state index in [1.165, 1.54) is 5.56 Å². The zero-order chi connectivity index (χ0) is 18.8. The number of amides is 1. The number of rotatable bonds is 5. The molecule has 4 rings (SSSR count). The number of fused-ring (bicyclic) bond motifs is 1. The van der Waals surface area contributed by atoms with Gasteiger partial charge in [-0.1, -0.05) is 47.1 Å². The van der Waals surface area contributed by atoms with E-state index in [1.807, 2.05) is 43.3 Å². The van der Waals surface area contributed by atoms with Crippen LogP contribution in [0.5, 0.6) is 5.75 Å². The van der Waals surface area contributed by atoms with Crippen molar-refractivity contribution in [3.8, 4) is 5.75 Å². The summed E-state index contributed by atoms with van der Waals surface area (Å²) >= 11 is 0. The van der Waals surface area contributed by atoms with Gasteiger partial charge in [-0.2, -0.15) is 0 Å². The highest BCUT2D eigenvalue weighted by Gasteiger charge is 2.17. The highest BCUT2D eigenvalue weighted by atomic mass is 16.5. The second-order valence-corrected chi connectivity index (χ2v) is 6.11. The van der Waals surface area contributed by atoms with E-state index in [9.17, 15) is 4.79 Å². The maximum Gasteiger partial charge on any atom is 0.322 e. The number of ether oxygens (including phenoxy) is 1. The van der Waals surface area contributed by atoms with Gasteiger partial charge in [0.2, 0.25) is 5.89 Å². The quantitative estimate of drug-likeness (QED) is 0.577. The Bertz CT molecular complexity index is 1100. The van der Waals surface area contributed by atoms with Crippen molar-refractivity contribution in [2.75, 3.05) is 12.4 Å². The summed E-state index contributed by atoms with van der Waals surface area (Å²) in [5.74, 6) is 0.636. The number of carbonyl (C=O) groups excluding carboxylic acids is 1. The van der Waals surface area contributed by atoms with Crippen molar-refractivity contribution in [1.29, 1.82) is 0 Å². The monoisotopic (exact) mass is 363 g/mol.